The third kappa shape index (κ3) is 3.87. The number of hydrogen-bond acceptors (Lipinski definition) is 6. The maximum Gasteiger partial charge on any atom is 0.248 e. The van der Waals surface area contributed by atoms with Crippen molar-refractivity contribution in [1.82, 2.24) is 20.2 Å². The quantitative estimate of drug-likeness (QED) is 0.585. The average Bonchev–Trinajstić information content (AvgIpc) is 3.19. The summed E-state index contributed by atoms with van der Waals surface area (Å²) in [5.41, 5.74) is 3.63. The van der Waals surface area contributed by atoms with Gasteiger partial charge in [0, 0.05) is 22.2 Å². The summed E-state index contributed by atoms with van der Waals surface area (Å²) in [6.07, 6.45) is 1.29. The summed E-state index contributed by atoms with van der Waals surface area (Å²) in [5.74, 6) is 1.47. The Hall–Kier alpha value is -3.00. The number of nitrogens with zero attached hydrogens (tertiary/aromatic N) is 4. The lowest BCUT2D eigenvalue weighted by atomic mass is 9.73. The van der Waals surface area contributed by atoms with Gasteiger partial charge >= 0.3 is 0 Å². The Kier molecular flexibility index (Phi) is 4.89. The third-order valence-corrected chi connectivity index (χ3v) is 6.24. The third-order valence-electron chi connectivity index (χ3n) is 5.71. The van der Waals surface area contributed by atoms with Crippen molar-refractivity contribution in [3.05, 3.63) is 75.4 Å². The molecule has 2 heterocycles. The van der Waals surface area contributed by atoms with Crippen molar-refractivity contribution in [3.63, 3.8) is 0 Å². The highest BCUT2D eigenvalue weighted by atomic mass is 79.9. The van der Waals surface area contributed by atoms with Crippen LogP contribution in [0, 0.1) is 5.41 Å². The van der Waals surface area contributed by atoms with E-state index in [1.54, 1.807) is 4.68 Å². The number of benzene rings is 2. The van der Waals surface area contributed by atoms with E-state index in [0.717, 1.165) is 39.0 Å². The lowest BCUT2D eigenvalue weighted by Crippen LogP contribution is -2.36. The van der Waals surface area contributed by atoms with Gasteiger partial charge in [0.1, 0.15) is 18.4 Å². The largest absolute Gasteiger partial charge is 0.489 e. The molecule has 158 valence electrons. The number of nitrogens with one attached hydrogen (secondary N) is 1. The van der Waals surface area contributed by atoms with Crippen LogP contribution >= 0.6 is 15.9 Å². The number of carbonyl (C=O) groups excluding carboxylic acids is 1. The van der Waals surface area contributed by atoms with Crippen LogP contribution in [0.2, 0.25) is 0 Å². The van der Waals surface area contributed by atoms with Crippen LogP contribution in [0.1, 0.15) is 43.9 Å². The first kappa shape index (κ1) is 19.9. The number of halogens is 1. The highest BCUT2D eigenvalue weighted by molar-refractivity contribution is 9.10. The van der Waals surface area contributed by atoms with Gasteiger partial charge in [-0.05, 0) is 57.7 Å². The maximum absolute atomic E-state index is 13.1. The number of ketones is 1. The minimum Gasteiger partial charge on any atom is -0.489 e. The number of ether oxygens (including phenoxy) is 1. The van der Waals surface area contributed by atoms with E-state index in [4.69, 9.17) is 4.74 Å². The smallest absolute Gasteiger partial charge is 0.248 e. The second-order valence-corrected chi connectivity index (χ2v) is 9.71. The molecule has 7 nitrogen and oxygen atoms in total. The Balaban J connectivity index is 1.42. The van der Waals surface area contributed by atoms with E-state index >= 15 is 0 Å². The normalized spacial score (nSPS) is 19.5. The van der Waals surface area contributed by atoms with E-state index in [9.17, 15) is 4.79 Å². The van der Waals surface area contributed by atoms with Gasteiger partial charge < -0.3 is 10.1 Å². The predicted molar refractivity (Wildman–Crippen MR) is 120 cm³/mol. The summed E-state index contributed by atoms with van der Waals surface area (Å²) in [4.78, 5) is 13.1. The summed E-state index contributed by atoms with van der Waals surface area (Å²) in [6, 6.07) is 15.5. The second kappa shape index (κ2) is 7.60. The van der Waals surface area contributed by atoms with Crippen LogP contribution in [0.3, 0.4) is 0 Å². The second-order valence-electron chi connectivity index (χ2n) is 8.79. The van der Waals surface area contributed by atoms with E-state index in [2.05, 4.69) is 50.6 Å². The molecule has 2 aromatic carbocycles. The number of Topliss-reactive ketones (excluding diaryl/α,β-unsaturated/α-hetero) is 1. The molecule has 0 saturated heterocycles. The summed E-state index contributed by atoms with van der Waals surface area (Å²) < 4.78 is 8.66. The zero-order chi connectivity index (χ0) is 21.6. The zero-order valence-electron chi connectivity index (χ0n) is 17.3. The highest BCUT2D eigenvalue weighted by Gasteiger charge is 2.41. The predicted octanol–water partition coefficient (Wildman–Crippen LogP) is 4.67. The number of anilines is 1. The number of fused-ring (bicyclic) bond motifs is 1. The van der Waals surface area contributed by atoms with Crippen LogP contribution < -0.4 is 10.1 Å². The fraction of sp³-hybridized carbons (Fsp3) is 0.304. The summed E-state index contributed by atoms with van der Waals surface area (Å²) in [7, 11) is 0. The number of aromatic nitrogens is 4. The molecule has 1 N–H and O–H groups in total. The Morgan fingerprint density at radius 2 is 1.87 bits per heavy atom. The first-order chi connectivity index (χ1) is 14.9. The molecule has 5 rings (SSSR count). The SMILES string of the molecule is CC1(C)CC(=O)C2=C(C1)Nc1nnnn1C2c1ccc(OCc2ccc(Br)cc2)cc1. The summed E-state index contributed by atoms with van der Waals surface area (Å²) in [5, 5.41) is 15.3. The standard InChI is InChI=1S/C23H22BrN5O2/c1-23(2)11-18-20(19(30)12-23)21(29-22(25-18)26-27-28-29)15-5-9-17(10-6-15)31-13-14-3-7-16(24)8-4-14/h3-10,21H,11-13H2,1-2H3,(H,25,26,28). The van der Waals surface area contributed by atoms with E-state index in [1.165, 1.54) is 0 Å². The van der Waals surface area contributed by atoms with Crippen molar-refractivity contribution in [2.45, 2.75) is 39.3 Å². The number of rotatable bonds is 4. The van der Waals surface area contributed by atoms with Crippen LogP contribution in [0.15, 0.2) is 64.3 Å². The topological polar surface area (TPSA) is 81.9 Å². The van der Waals surface area contributed by atoms with Crippen molar-refractivity contribution in [2.24, 2.45) is 5.41 Å². The number of carbonyl (C=O) groups is 1. The van der Waals surface area contributed by atoms with Crippen molar-refractivity contribution in [2.75, 3.05) is 5.32 Å². The van der Waals surface area contributed by atoms with E-state index in [0.29, 0.717) is 19.0 Å². The van der Waals surface area contributed by atoms with Crippen LogP contribution in [0.4, 0.5) is 5.95 Å². The Bertz CT molecular complexity index is 1170. The molecule has 0 radical (unpaired) electrons. The van der Waals surface area contributed by atoms with Gasteiger partial charge in [0.25, 0.3) is 0 Å². The van der Waals surface area contributed by atoms with Crippen molar-refractivity contribution >= 4 is 27.7 Å². The zero-order valence-corrected chi connectivity index (χ0v) is 18.9. The Morgan fingerprint density at radius 1 is 1.13 bits per heavy atom. The van der Waals surface area contributed by atoms with E-state index in [1.807, 2.05) is 48.5 Å². The Morgan fingerprint density at radius 3 is 2.61 bits per heavy atom. The molecule has 1 aliphatic heterocycles. The maximum atomic E-state index is 13.1. The number of hydrogen-bond donors (Lipinski definition) is 1. The molecule has 31 heavy (non-hydrogen) atoms. The molecule has 0 saturated carbocycles. The fourth-order valence-corrected chi connectivity index (χ4v) is 4.54. The molecule has 8 heteroatoms. The molecule has 1 unspecified atom stereocenters. The summed E-state index contributed by atoms with van der Waals surface area (Å²) >= 11 is 3.44. The molecule has 2 aliphatic rings. The van der Waals surface area contributed by atoms with Gasteiger partial charge in [-0.15, -0.1) is 0 Å². The molecule has 0 spiro atoms. The number of tetrazole rings is 1. The van der Waals surface area contributed by atoms with Gasteiger partial charge in [-0.25, -0.2) is 0 Å². The molecule has 3 aromatic rings. The number of allylic oxidation sites excluding steroid dienone is 2. The van der Waals surface area contributed by atoms with Gasteiger partial charge in [-0.1, -0.05) is 59.1 Å². The van der Waals surface area contributed by atoms with Gasteiger partial charge in [0.15, 0.2) is 5.78 Å². The minimum absolute atomic E-state index is 0.0895. The molecule has 1 aromatic heterocycles. The fourth-order valence-electron chi connectivity index (χ4n) is 4.27. The van der Waals surface area contributed by atoms with Crippen LogP contribution in [-0.2, 0) is 11.4 Å². The molecular weight excluding hydrogens is 458 g/mol. The van der Waals surface area contributed by atoms with E-state index in [-0.39, 0.29) is 17.2 Å². The van der Waals surface area contributed by atoms with Crippen molar-refractivity contribution < 1.29 is 9.53 Å². The monoisotopic (exact) mass is 479 g/mol. The summed E-state index contributed by atoms with van der Waals surface area (Å²) in [6.45, 7) is 4.71. The van der Waals surface area contributed by atoms with Gasteiger partial charge in [-0.3, -0.25) is 4.79 Å². The van der Waals surface area contributed by atoms with Crippen molar-refractivity contribution in [1.29, 1.82) is 0 Å². The van der Waals surface area contributed by atoms with Gasteiger partial charge in [0.2, 0.25) is 5.95 Å². The van der Waals surface area contributed by atoms with Crippen LogP contribution in [0.5, 0.6) is 5.75 Å². The van der Waals surface area contributed by atoms with Crippen molar-refractivity contribution in [3.8, 4) is 5.75 Å². The molecule has 1 atom stereocenters. The van der Waals surface area contributed by atoms with E-state index < -0.39 is 0 Å². The minimum atomic E-state index is -0.342. The molecular formula is C23H22BrN5O2. The van der Waals surface area contributed by atoms with Gasteiger partial charge in [0.05, 0.1) is 0 Å². The van der Waals surface area contributed by atoms with Crippen LogP contribution in [-0.4, -0.2) is 26.0 Å². The highest BCUT2D eigenvalue weighted by Crippen LogP contribution is 2.45. The average molecular weight is 480 g/mol. The first-order valence-corrected chi connectivity index (χ1v) is 11.0. The molecule has 1 aliphatic carbocycles. The first-order valence-electron chi connectivity index (χ1n) is 10.2. The molecule has 0 amide bonds. The lowest BCUT2D eigenvalue weighted by Gasteiger charge is -2.37. The molecule has 0 fully saturated rings. The molecule has 0 bridgehead atoms. The lowest BCUT2D eigenvalue weighted by molar-refractivity contribution is -0.118. The van der Waals surface area contributed by atoms with Gasteiger partial charge in [-0.2, -0.15) is 4.68 Å². The van der Waals surface area contributed by atoms with Crippen LogP contribution in [0.25, 0.3) is 0 Å². The Labute approximate surface area is 188 Å².